The molecule has 0 saturated carbocycles. The number of para-hydroxylation sites is 1. The van der Waals surface area contributed by atoms with Crippen molar-refractivity contribution < 1.29 is 4.79 Å². The Labute approximate surface area is 182 Å². The third-order valence-electron chi connectivity index (χ3n) is 4.79. The first-order valence-corrected chi connectivity index (χ1v) is 11.2. The molecule has 1 aromatic heterocycles. The lowest BCUT2D eigenvalue weighted by atomic mass is 10.2. The molecule has 0 bridgehead atoms. The van der Waals surface area contributed by atoms with Gasteiger partial charge in [0.15, 0.2) is 5.82 Å². The number of hydrogen-bond donors (Lipinski definition) is 1. The topological polar surface area (TPSA) is 61.4 Å². The van der Waals surface area contributed by atoms with Gasteiger partial charge in [0, 0.05) is 29.4 Å². The molecular formula is C23H29N5OS. The van der Waals surface area contributed by atoms with E-state index >= 15 is 0 Å². The Balaban J connectivity index is 1.76. The van der Waals surface area contributed by atoms with Crippen molar-refractivity contribution in [2.75, 3.05) is 45.8 Å². The number of hydrogen-bond acceptors (Lipinski definition) is 6. The number of nitrogens with one attached hydrogen (secondary N) is 1. The number of benzene rings is 2. The Morgan fingerprint density at radius 3 is 2.47 bits per heavy atom. The molecule has 1 amide bonds. The maximum atomic E-state index is 12.8. The Morgan fingerprint density at radius 2 is 1.77 bits per heavy atom. The minimum absolute atomic E-state index is 0.0418. The summed E-state index contributed by atoms with van der Waals surface area (Å²) in [5, 5.41) is 4.44. The van der Waals surface area contributed by atoms with Gasteiger partial charge in [0.2, 0.25) is 0 Å². The van der Waals surface area contributed by atoms with Gasteiger partial charge < -0.3 is 15.1 Å². The zero-order chi connectivity index (χ0) is 21.5. The van der Waals surface area contributed by atoms with Crippen LogP contribution in [0.5, 0.6) is 0 Å². The van der Waals surface area contributed by atoms with Gasteiger partial charge in [-0.1, -0.05) is 12.1 Å². The lowest BCUT2D eigenvalue weighted by Crippen LogP contribution is -2.27. The van der Waals surface area contributed by atoms with Crippen LogP contribution in [0.2, 0.25) is 0 Å². The van der Waals surface area contributed by atoms with Gasteiger partial charge in [-0.25, -0.2) is 9.97 Å². The number of nitrogens with zero attached hydrogens (tertiary/aromatic N) is 4. The fourth-order valence-corrected chi connectivity index (χ4v) is 3.58. The molecule has 7 heteroatoms. The molecular weight excluding hydrogens is 394 g/mol. The zero-order valence-electron chi connectivity index (χ0n) is 18.1. The van der Waals surface area contributed by atoms with Crippen LogP contribution in [-0.4, -0.2) is 66.2 Å². The van der Waals surface area contributed by atoms with Crippen LogP contribution in [0.15, 0.2) is 53.4 Å². The number of anilines is 1. The van der Waals surface area contributed by atoms with Crippen LogP contribution in [0.25, 0.3) is 10.9 Å². The largest absolute Gasteiger partial charge is 0.369 e. The number of amides is 1. The highest BCUT2D eigenvalue weighted by molar-refractivity contribution is 7.98. The summed E-state index contributed by atoms with van der Waals surface area (Å²) in [5.74, 6) is 1.40. The molecule has 0 saturated heterocycles. The summed E-state index contributed by atoms with van der Waals surface area (Å²) in [6, 6.07) is 15.6. The van der Waals surface area contributed by atoms with Gasteiger partial charge in [-0.05, 0) is 69.7 Å². The van der Waals surface area contributed by atoms with Gasteiger partial charge in [-0.15, -0.1) is 11.8 Å². The van der Waals surface area contributed by atoms with E-state index < -0.39 is 0 Å². The number of carbonyl (C=O) groups is 1. The van der Waals surface area contributed by atoms with E-state index in [1.54, 1.807) is 23.7 Å². The maximum absolute atomic E-state index is 12.8. The van der Waals surface area contributed by atoms with E-state index in [0.717, 1.165) is 41.1 Å². The van der Waals surface area contributed by atoms with Crippen LogP contribution in [0, 0.1) is 0 Å². The van der Waals surface area contributed by atoms with Crippen molar-refractivity contribution in [1.82, 2.24) is 19.8 Å². The van der Waals surface area contributed by atoms with Crippen molar-refractivity contribution in [2.24, 2.45) is 0 Å². The molecule has 6 nitrogen and oxygen atoms in total. The predicted octanol–water partition coefficient (Wildman–Crippen LogP) is 3.99. The Morgan fingerprint density at radius 1 is 1.03 bits per heavy atom. The van der Waals surface area contributed by atoms with Crippen LogP contribution in [0.1, 0.15) is 22.6 Å². The number of carbonyl (C=O) groups excluding carboxylic acids is 1. The normalized spacial score (nSPS) is 11.1. The van der Waals surface area contributed by atoms with Crippen molar-refractivity contribution in [3.05, 3.63) is 59.9 Å². The van der Waals surface area contributed by atoms with Crippen LogP contribution in [0.4, 0.5) is 5.82 Å². The summed E-state index contributed by atoms with van der Waals surface area (Å²) in [5.41, 5.74) is 1.54. The van der Waals surface area contributed by atoms with Crippen LogP contribution < -0.4 is 5.32 Å². The van der Waals surface area contributed by atoms with E-state index in [1.807, 2.05) is 54.8 Å². The molecule has 0 atom stereocenters. The van der Waals surface area contributed by atoms with Crippen molar-refractivity contribution in [3.63, 3.8) is 0 Å². The second-order valence-corrected chi connectivity index (χ2v) is 8.36. The van der Waals surface area contributed by atoms with E-state index in [0.29, 0.717) is 17.9 Å². The molecule has 0 unspecified atom stereocenters. The second kappa shape index (κ2) is 10.4. The lowest BCUT2D eigenvalue weighted by molar-refractivity contribution is 0.0781. The standard InChI is InChI=1S/C23H29N5OS/c1-27(2)15-7-14-24-22-19-8-5-6-9-20(19)25-21(26-22)16-28(3)23(29)17-10-12-18(30-4)13-11-17/h5-6,8-13H,7,14-16H2,1-4H3,(H,24,25,26). The molecule has 1 N–H and O–H groups in total. The number of rotatable bonds is 9. The highest BCUT2D eigenvalue weighted by Crippen LogP contribution is 2.21. The van der Waals surface area contributed by atoms with Gasteiger partial charge in [-0.2, -0.15) is 0 Å². The van der Waals surface area contributed by atoms with Crippen LogP contribution >= 0.6 is 11.8 Å². The van der Waals surface area contributed by atoms with E-state index in [4.69, 9.17) is 4.98 Å². The molecule has 158 valence electrons. The fourth-order valence-electron chi connectivity index (χ4n) is 3.17. The average molecular weight is 424 g/mol. The zero-order valence-corrected chi connectivity index (χ0v) is 18.9. The third kappa shape index (κ3) is 5.70. The molecule has 0 fully saturated rings. The van der Waals surface area contributed by atoms with Crippen molar-refractivity contribution >= 4 is 34.4 Å². The number of aromatic nitrogens is 2. The van der Waals surface area contributed by atoms with Crippen molar-refractivity contribution in [3.8, 4) is 0 Å². The molecule has 3 aromatic rings. The highest BCUT2D eigenvalue weighted by atomic mass is 32.2. The molecule has 0 aliphatic heterocycles. The summed E-state index contributed by atoms with van der Waals surface area (Å²) >= 11 is 1.66. The van der Waals surface area contributed by atoms with E-state index in [-0.39, 0.29) is 5.91 Å². The summed E-state index contributed by atoms with van der Waals surface area (Å²) in [6.45, 7) is 2.19. The van der Waals surface area contributed by atoms with E-state index in [2.05, 4.69) is 29.3 Å². The lowest BCUT2D eigenvalue weighted by Gasteiger charge is -2.18. The van der Waals surface area contributed by atoms with Gasteiger partial charge in [0.1, 0.15) is 5.82 Å². The Bertz CT molecular complexity index is 991. The first-order chi connectivity index (χ1) is 14.5. The fraction of sp³-hybridized carbons (Fsp3) is 0.348. The number of fused-ring (bicyclic) bond motifs is 1. The molecule has 0 aliphatic carbocycles. The van der Waals surface area contributed by atoms with Gasteiger partial charge in [0.25, 0.3) is 5.91 Å². The molecule has 0 radical (unpaired) electrons. The Hall–Kier alpha value is -2.64. The molecule has 3 rings (SSSR count). The highest BCUT2D eigenvalue weighted by Gasteiger charge is 2.15. The minimum Gasteiger partial charge on any atom is -0.369 e. The summed E-state index contributed by atoms with van der Waals surface area (Å²) < 4.78 is 0. The van der Waals surface area contributed by atoms with Crippen LogP contribution in [-0.2, 0) is 6.54 Å². The van der Waals surface area contributed by atoms with E-state index in [9.17, 15) is 4.79 Å². The van der Waals surface area contributed by atoms with Gasteiger partial charge in [0.05, 0.1) is 12.1 Å². The molecule has 0 spiro atoms. The second-order valence-electron chi connectivity index (χ2n) is 7.48. The van der Waals surface area contributed by atoms with Crippen molar-refractivity contribution in [2.45, 2.75) is 17.9 Å². The molecule has 2 aromatic carbocycles. The molecule has 1 heterocycles. The van der Waals surface area contributed by atoms with Crippen molar-refractivity contribution in [1.29, 1.82) is 0 Å². The van der Waals surface area contributed by atoms with Crippen LogP contribution in [0.3, 0.4) is 0 Å². The Kier molecular flexibility index (Phi) is 7.65. The summed E-state index contributed by atoms with van der Waals surface area (Å²) in [6.07, 6.45) is 3.04. The van der Waals surface area contributed by atoms with Gasteiger partial charge in [-0.3, -0.25) is 4.79 Å². The average Bonchev–Trinajstić information content (AvgIpc) is 2.76. The maximum Gasteiger partial charge on any atom is 0.254 e. The van der Waals surface area contributed by atoms with Gasteiger partial charge >= 0.3 is 0 Å². The quantitative estimate of drug-likeness (QED) is 0.415. The SMILES string of the molecule is CSc1ccc(C(=O)N(C)Cc2nc(NCCCN(C)C)c3ccccc3n2)cc1. The minimum atomic E-state index is -0.0418. The molecule has 0 aliphatic rings. The first-order valence-electron chi connectivity index (χ1n) is 10.0. The first kappa shape index (κ1) is 22.1. The van der Waals surface area contributed by atoms with E-state index in [1.165, 1.54) is 0 Å². The summed E-state index contributed by atoms with van der Waals surface area (Å²) in [4.78, 5) is 27.2. The third-order valence-corrected chi connectivity index (χ3v) is 5.53. The number of thioether (sulfide) groups is 1. The predicted molar refractivity (Wildman–Crippen MR) is 125 cm³/mol. The smallest absolute Gasteiger partial charge is 0.254 e. The monoisotopic (exact) mass is 423 g/mol. The summed E-state index contributed by atoms with van der Waals surface area (Å²) in [7, 11) is 5.92. The molecule has 30 heavy (non-hydrogen) atoms.